The van der Waals surface area contributed by atoms with Gasteiger partial charge in [-0.2, -0.15) is 0 Å². The lowest BCUT2D eigenvalue weighted by Gasteiger charge is -2.36. The van der Waals surface area contributed by atoms with Crippen LogP contribution in [0.4, 0.5) is 11.4 Å². The highest BCUT2D eigenvalue weighted by Gasteiger charge is 2.27. The number of hydrogen-bond donors (Lipinski definition) is 0. The smallest absolute Gasteiger partial charge is 0.270 e. The molecule has 0 aliphatic carbocycles. The molecule has 2 rings (SSSR count). The molecule has 0 N–H and O–H groups in total. The van der Waals surface area contributed by atoms with Gasteiger partial charge in [-0.1, -0.05) is 0 Å². The molecule has 1 unspecified atom stereocenters. The zero-order valence-electron chi connectivity index (χ0n) is 10.6. The van der Waals surface area contributed by atoms with E-state index >= 15 is 0 Å². The molecule has 5 nitrogen and oxygen atoms in total. The molecular formula is C13H15IN2O3. The summed E-state index contributed by atoms with van der Waals surface area (Å²) >= 11 is 2.10. The van der Waals surface area contributed by atoms with E-state index in [1.807, 2.05) is 0 Å². The third-order valence-electron chi connectivity index (χ3n) is 3.42. The highest BCUT2D eigenvalue weighted by molar-refractivity contribution is 14.1. The fraction of sp³-hybridized carbons (Fsp3) is 0.462. The van der Waals surface area contributed by atoms with Crippen LogP contribution in [0.2, 0.25) is 0 Å². The van der Waals surface area contributed by atoms with Crippen molar-refractivity contribution in [3.05, 3.63) is 31.9 Å². The molecule has 1 aromatic rings. The van der Waals surface area contributed by atoms with Crippen LogP contribution in [0, 0.1) is 13.7 Å². The van der Waals surface area contributed by atoms with Gasteiger partial charge in [0.2, 0.25) is 0 Å². The third-order valence-corrected chi connectivity index (χ3v) is 4.29. The normalized spacial score (nSPS) is 19.3. The Morgan fingerprint density at radius 2 is 2.21 bits per heavy atom. The number of nitro groups is 1. The van der Waals surface area contributed by atoms with Gasteiger partial charge in [-0.3, -0.25) is 14.9 Å². The largest absolute Gasteiger partial charge is 0.361 e. The van der Waals surface area contributed by atoms with E-state index < -0.39 is 4.92 Å². The predicted molar refractivity (Wildman–Crippen MR) is 81.5 cm³/mol. The number of Topliss-reactive ketones (excluding diaryl/α,β-unsaturated/α-hetero) is 1. The maximum absolute atomic E-state index is 11.7. The van der Waals surface area contributed by atoms with Crippen LogP contribution >= 0.6 is 22.6 Å². The average Bonchev–Trinajstić information content (AvgIpc) is 2.38. The van der Waals surface area contributed by atoms with Crippen molar-refractivity contribution in [1.29, 1.82) is 0 Å². The molecule has 1 saturated heterocycles. The summed E-state index contributed by atoms with van der Waals surface area (Å²) in [6.45, 7) is 2.44. The molecule has 0 bridgehead atoms. The second kappa shape index (κ2) is 5.85. The van der Waals surface area contributed by atoms with E-state index in [1.165, 1.54) is 6.07 Å². The fourth-order valence-corrected chi connectivity index (χ4v) is 3.29. The maximum atomic E-state index is 11.7. The topological polar surface area (TPSA) is 63.5 Å². The Kier molecular flexibility index (Phi) is 4.38. The molecule has 0 spiro atoms. The lowest BCUT2D eigenvalue weighted by Crippen LogP contribution is -2.44. The van der Waals surface area contributed by atoms with Gasteiger partial charge in [0, 0.05) is 22.2 Å². The van der Waals surface area contributed by atoms with E-state index in [-0.39, 0.29) is 17.5 Å². The molecule has 0 saturated carbocycles. The molecule has 1 aliphatic rings. The van der Waals surface area contributed by atoms with Crippen LogP contribution in [-0.4, -0.2) is 23.3 Å². The number of carbonyl (C=O) groups is 1. The summed E-state index contributed by atoms with van der Waals surface area (Å²) in [5.74, 6) is 0.161. The first kappa shape index (κ1) is 14.2. The highest BCUT2D eigenvalue weighted by Crippen LogP contribution is 2.31. The Balaban J connectivity index is 2.34. The van der Waals surface area contributed by atoms with E-state index in [0.717, 1.165) is 35.1 Å². The van der Waals surface area contributed by atoms with Crippen molar-refractivity contribution < 1.29 is 9.72 Å². The summed E-state index contributed by atoms with van der Waals surface area (Å²) in [5.41, 5.74) is 1.01. The van der Waals surface area contributed by atoms with Crippen LogP contribution < -0.4 is 4.90 Å². The Morgan fingerprint density at radius 1 is 1.47 bits per heavy atom. The van der Waals surface area contributed by atoms with Crippen molar-refractivity contribution in [2.45, 2.75) is 32.2 Å². The van der Waals surface area contributed by atoms with Crippen LogP contribution in [0.5, 0.6) is 0 Å². The number of hydrogen-bond acceptors (Lipinski definition) is 4. The second-order valence-electron chi connectivity index (χ2n) is 4.71. The molecular weight excluding hydrogens is 359 g/mol. The number of carbonyl (C=O) groups excluding carboxylic acids is 1. The van der Waals surface area contributed by atoms with E-state index in [2.05, 4.69) is 27.5 Å². The van der Waals surface area contributed by atoms with Gasteiger partial charge in [-0.15, -0.1) is 0 Å². The van der Waals surface area contributed by atoms with Crippen molar-refractivity contribution in [1.82, 2.24) is 0 Å². The minimum Gasteiger partial charge on any atom is -0.361 e. The number of rotatable bonds is 3. The molecule has 6 heteroatoms. The monoisotopic (exact) mass is 374 g/mol. The molecule has 0 aromatic heterocycles. The SMILES string of the molecule is CC(=O)C1CCCCN1c1ccc([N+](=O)[O-])cc1I. The minimum absolute atomic E-state index is 0.0875. The van der Waals surface area contributed by atoms with Gasteiger partial charge in [-0.05, 0) is 54.8 Å². The Bertz CT molecular complexity index is 519. The number of benzene rings is 1. The quantitative estimate of drug-likeness (QED) is 0.463. The Morgan fingerprint density at radius 3 is 2.79 bits per heavy atom. The Labute approximate surface area is 125 Å². The second-order valence-corrected chi connectivity index (χ2v) is 5.87. The zero-order valence-corrected chi connectivity index (χ0v) is 12.8. The van der Waals surface area contributed by atoms with Crippen molar-refractivity contribution in [3.63, 3.8) is 0 Å². The summed E-state index contributed by atoms with van der Waals surface area (Å²) in [4.78, 5) is 24.1. The zero-order chi connectivity index (χ0) is 14.0. The number of halogens is 1. The van der Waals surface area contributed by atoms with Gasteiger partial charge < -0.3 is 4.90 Å². The number of ketones is 1. The molecule has 0 amide bonds. The standard InChI is InChI=1S/C13H15IN2O3/c1-9(17)12-4-2-3-7-15(12)13-6-5-10(16(18)19)8-11(13)14/h5-6,8,12H,2-4,7H2,1H3. The maximum Gasteiger partial charge on any atom is 0.270 e. The van der Waals surface area contributed by atoms with Crippen LogP contribution in [0.15, 0.2) is 18.2 Å². The number of nitrogens with zero attached hydrogens (tertiary/aromatic N) is 2. The van der Waals surface area contributed by atoms with E-state index in [4.69, 9.17) is 0 Å². The summed E-state index contributed by atoms with van der Waals surface area (Å²) in [5, 5.41) is 10.7. The van der Waals surface area contributed by atoms with Crippen LogP contribution in [0.3, 0.4) is 0 Å². The van der Waals surface area contributed by atoms with Gasteiger partial charge in [0.15, 0.2) is 5.78 Å². The first-order chi connectivity index (χ1) is 9.00. The van der Waals surface area contributed by atoms with Crippen molar-refractivity contribution >= 4 is 39.7 Å². The van der Waals surface area contributed by atoms with Crippen LogP contribution in [0.1, 0.15) is 26.2 Å². The number of nitro benzene ring substituents is 1. The third kappa shape index (κ3) is 3.05. The summed E-state index contributed by atoms with van der Waals surface area (Å²) in [6, 6.07) is 4.72. The van der Waals surface area contributed by atoms with Crippen molar-refractivity contribution in [3.8, 4) is 0 Å². The Hall–Kier alpha value is -1.18. The van der Waals surface area contributed by atoms with Gasteiger partial charge in [-0.25, -0.2) is 0 Å². The molecule has 1 atom stereocenters. The van der Waals surface area contributed by atoms with E-state index in [9.17, 15) is 14.9 Å². The lowest BCUT2D eigenvalue weighted by molar-refractivity contribution is -0.384. The van der Waals surface area contributed by atoms with Gasteiger partial charge in [0.05, 0.1) is 16.7 Å². The number of anilines is 1. The van der Waals surface area contributed by atoms with Gasteiger partial charge in [0.1, 0.15) is 0 Å². The molecule has 19 heavy (non-hydrogen) atoms. The van der Waals surface area contributed by atoms with Crippen molar-refractivity contribution in [2.24, 2.45) is 0 Å². The predicted octanol–water partition coefficient (Wildman–Crippen LogP) is 3.15. The average molecular weight is 374 g/mol. The van der Waals surface area contributed by atoms with E-state index in [0.29, 0.717) is 0 Å². The van der Waals surface area contributed by atoms with Crippen molar-refractivity contribution in [2.75, 3.05) is 11.4 Å². The summed E-state index contributed by atoms with van der Waals surface area (Å²) in [7, 11) is 0. The van der Waals surface area contributed by atoms with E-state index in [1.54, 1.807) is 19.1 Å². The molecule has 0 radical (unpaired) electrons. The lowest BCUT2D eigenvalue weighted by atomic mass is 9.98. The molecule has 1 heterocycles. The molecule has 1 aliphatic heterocycles. The van der Waals surface area contributed by atoms with Crippen LogP contribution in [-0.2, 0) is 4.79 Å². The van der Waals surface area contributed by atoms with Gasteiger partial charge >= 0.3 is 0 Å². The first-order valence-corrected chi connectivity index (χ1v) is 7.29. The summed E-state index contributed by atoms with van der Waals surface area (Å²) in [6.07, 6.45) is 2.98. The number of non-ortho nitro benzene ring substituents is 1. The van der Waals surface area contributed by atoms with Crippen LogP contribution in [0.25, 0.3) is 0 Å². The van der Waals surface area contributed by atoms with Gasteiger partial charge in [0.25, 0.3) is 5.69 Å². The summed E-state index contributed by atoms with van der Waals surface area (Å²) < 4.78 is 0.819. The fourth-order valence-electron chi connectivity index (χ4n) is 2.48. The minimum atomic E-state index is -0.398. The number of piperidine rings is 1. The highest BCUT2D eigenvalue weighted by atomic mass is 127. The molecule has 102 valence electrons. The molecule has 1 fully saturated rings. The molecule has 1 aromatic carbocycles. The first-order valence-electron chi connectivity index (χ1n) is 6.21.